The van der Waals surface area contributed by atoms with Crippen molar-refractivity contribution in [2.75, 3.05) is 11.9 Å². The molecule has 1 atom stereocenters. The zero-order valence-electron chi connectivity index (χ0n) is 19.0. The number of ether oxygens (including phenoxy) is 1. The maximum atomic E-state index is 12.4. The lowest BCUT2D eigenvalue weighted by Gasteiger charge is -2.17. The SMILES string of the molecule is Cc1cc(NC(=O)C[C@@H](C)NC(=O)OCC2c3ccccc3-c3ccccc32)ccc1C(=O)O. The lowest BCUT2D eigenvalue weighted by molar-refractivity contribution is -0.116. The van der Waals surface area contributed by atoms with E-state index in [0.29, 0.717) is 11.3 Å². The number of benzene rings is 3. The van der Waals surface area contributed by atoms with Crippen molar-refractivity contribution in [2.24, 2.45) is 0 Å². The second-order valence-electron chi connectivity index (χ2n) is 8.46. The highest BCUT2D eigenvalue weighted by atomic mass is 16.5. The fourth-order valence-electron chi connectivity index (χ4n) is 4.36. The topological polar surface area (TPSA) is 105 Å². The molecular formula is C27H26N2O5. The van der Waals surface area contributed by atoms with E-state index < -0.39 is 18.1 Å². The number of hydrogen-bond acceptors (Lipinski definition) is 4. The first-order chi connectivity index (χ1) is 16.3. The van der Waals surface area contributed by atoms with Gasteiger partial charge >= 0.3 is 12.1 Å². The Labute approximate surface area is 197 Å². The molecular weight excluding hydrogens is 432 g/mol. The van der Waals surface area contributed by atoms with Crippen molar-refractivity contribution in [1.82, 2.24) is 5.32 Å². The average Bonchev–Trinajstić information content (AvgIpc) is 3.11. The molecule has 174 valence electrons. The van der Waals surface area contributed by atoms with Gasteiger partial charge in [0.1, 0.15) is 6.61 Å². The molecule has 2 amide bonds. The van der Waals surface area contributed by atoms with Crippen molar-refractivity contribution in [1.29, 1.82) is 0 Å². The molecule has 0 heterocycles. The summed E-state index contributed by atoms with van der Waals surface area (Å²) in [6, 6.07) is 20.4. The molecule has 7 nitrogen and oxygen atoms in total. The number of alkyl carbamates (subject to hydrolysis) is 1. The summed E-state index contributed by atoms with van der Waals surface area (Å²) in [6.07, 6.45) is -0.534. The number of carbonyl (C=O) groups excluding carboxylic acids is 2. The van der Waals surface area contributed by atoms with Gasteiger partial charge in [0.2, 0.25) is 5.91 Å². The number of fused-ring (bicyclic) bond motifs is 3. The molecule has 3 aromatic carbocycles. The smallest absolute Gasteiger partial charge is 0.407 e. The van der Waals surface area contributed by atoms with E-state index in [0.717, 1.165) is 22.3 Å². The third-order valence-corrected chi connectivity index (χ3v) is 5.94. The van der Waals surface area contributed by atoms with Crippen LogP contribution in [0, 0.1) is 6.92 Å². The third kappa shape index (κ3) is 4.93. The lowest BCUT2D eigenvalue weighted by Crippen LogP contribution is -2.36. The van der Waals surface area contributed by atoms with Gasteiger partial charge in [-0.1, -0.05) is 48.5 Å². The van der Waals surface area contributed by atoms with Crippen LogP contribution in [0.3, 0.4) is 0 Å². The van der Waals surface area contributed by atoms with Gasteiger partial charge in [-0.2, -0.15) is 0 Å². The van der Waals surface area contributed by atoms with Crippen LogP contribution in [-0.4, -0.2) is 35.7 Å². The number of nitrogens with one attached hydrogen (secondary N) is 2. The van der Waals surface area contributed by atoms with Crippen molar-refractivity contribution in [3.05, 3.63) is 89.0 Å². The standard InChI is InChI=1S/C27H26N2O5/c1-16-13-18(11-12-19(16)26(31)32)29-25(30)14-17(2)28-27(33)34-15-24-22-9-5-3-7-20(22)21-8-4-6-10-23(21)24/h3-13,17,24H,14-15H2,1-2H3,(H,28,33)(H,29,30)(H,31,32)/t17-/m1/s1. The minimum absolute atomic E-state index is 0.0335. The number of aryl methyl sites for hydroxylation is 1. The first kappa shape index (κ1) is 23.0. The monoisotopic (exact) mass is 458 g/mol. The molecule has 34 heavy (non-hydrogen) atoms. The minimum Gasteiger partial charge on any atom is -0.478 e. The molecule has 0 saturated heterocycles. The lowest BCUT2D eigenvalue weighted by atomic mass is 9.98. The molecule has 4 rings (SSSR count). The van der Waals surface area contributed by atoms with Crippen LogP contribution < -0.4 is 10.6 Å². The van der Waals surface area contributed by atoms with Crippen molar-refractivity contribution in [3.63, 3.8) is 0 Å². The molecule has 0 fully saturated rings. The Hall–Kier alpha value is -4.13. The Morgan fingerprint density at radius 1 is 0.971 bits per heavy atom. The van der Waals surface area contributed by atoms with Gasteiger partial charge in [-0.05, 0) is 59.9 Å². The highest BCUT2D eigenvalue weighted by Crippen LogP contribution is 2.44. The van der Waals surface area contributed by atoms with Crippen LogP contribution in [0.15, 0.2) is 66.7 Å². The molecule has 1 aliphatic carbocycles. The highest BCUT2D eigenvalue weighted by Gasteiger charge is 2.29. The van der Waals surface area contributed by atoms with Crippen molar-refractivity contribution >= 4 is 23.7 Å². The van der Waals surface area contributed by atoms with Crippen LogP contribution in [0.25, 0.3) is 11.1 Å². The van der Waals surface area contributed by atoms with E-state index in [1.807, 2.05) is 24.3 Å². The number of carboxylic acid groups (broad SMARTS) is 1. The molecule has 0 saturated carbocycles. The summed E-state index contributed by atoms with van der Waals surface area (Å²) in [7, 11) is 0. The second kappa shape index (κ2) is 9.79. The highest BCUT2D eigenvalue weighted by molar-refractivity contribution is 5.93. The molecule has 0 spiro atoms. The third-order valence-electron chi connectivity index (χ3n) is 5.94. The summed E-state index contributed by atoms with van der Waals surface area (Å²) < 4.78 is 5.52. The van der Waals surface area contributed by atoms with Gasteiger partial charge in [0.25, 0.3) is 0 Å². The molecule has 0 aromatic heterocycles. The number of anilines is 1. The number of aromatic carboxylic acids is 1. The maximum absolute atomic E-state index is 12.4. The number of amides is 2. The van der Waals surface area contributed by atoms with Crippen LogP contribution in [0.1, 0.15) is 46.3 Å². The van der Waals surface area contributed by atoms with Gasteiger partial charge < -0.3 is 20.5 Å². The Morgan fingerprint density at radius 2 is 1.59 bits per heavy atom. The van der Waals surface area contributed by atoms with Gasteiger partial charge in [0, 0.05) is 24.1 Å². The van der Waals surface area contributed by atoms with Crippen LogP contribution in [0.2, 0.25) is 0 Å². The fourth-order valence-corrected chi connectivity index (χ4v) is 4.36. The molecule has 3 aromatic rings. The fraction of sp³-hybridized carbons (Fsp3) is 0.222. The number of carbonyl (C=O) groups is 3. The van der Waals surface area contributed by atoms with E-state index in [9.17, 15) is 14.4 Å². The van der Waals surface area contributed by atoms with E-state index in [1.165, 1.54) is 12.1 Å². The molecule has 0 bridgehead atoms. The molecule has 0 unspecified atom stereocenters. The van der Waals surface area contributed by atoms with Gasteiger partial charge in [0.05, 0.1) is 5.56 Å². The normalized spacial score (nSPS) is 12.9. The number of hydrogen-bond donors (Lipinski definition) is 3. The molecule has 0 aliphatic heterocycles. The predicted octanol–water partition coefficient (Wildman–Crippen LogP) is 4.95. The average molecular weight is 459 g/mol. The maximum Gasteiger partial charge on any atom is 0.407 e. The second-order valence-corrected chi connectivity index (χ2v) is 8.46. The van der Waals surface area contributed by atoms with Crippen LogP contribution in [0.4, 0.5) is 10.5 Å². The first-order valence-electron chi connectivity index (χ1n) is 11.1. The van der Waals surface area contributed by atoms with E-state index >= 15 is 0 Å². The first-order valence-corrected chi connectivity index (χ1v) is 11.1. The predicted molar refractivity (Wildman–Crippen MR) is 129 cm³/mol. The van der Waals surface area contributed by atoms with Gasteiger partial charge in [0.15, 0.2) is 0 Å². The van der Waals surface area contributed by atoms with Crippen LogP contribution in [0.5, 0.6) is 0 Å². The van der Waals surface area contributed by atoms with Gasteiger partial charge in [-0.3, -0.25) is 4.79 Å². The van der Waals surface area contributed by atoms with E-state index in [1.54, 1.807) is 19.9 Å². The zero-order valence-corrected chi connectivity index (χ0v) is 19.0. The van der Waals surface area contributed by atoms with Crippen molar-refractivity contribution < 1.29 is 24.2 Å². The van der Waals surface area contributed by atoms with Gasteiger partial charge in [-0.15, -0.1) is 0 Å². The summed E-state index contributed by atoms with van der Waals surface area (Å²) in [5.74, 6) is -1.35. The van der Waals surface area contributed by atoms with Crippen molar-refractivity contribution in [2.45, 2.75) is 32.2 Å². The molecule has 1 aliphatic rings. The molecule has 7 heteroatoms. The summed E-state index contributed by atoms with van der Waals surface area (Å²) >= 11 is 0. The summed E-state index contributed by atoms with van der Waals surface area (Å²) in [5, 5.41) is 14.5. The quantitative estimate of drug-likeness (QED) is 0.465. The Morgan fingerprint density at radius 3 is 2.18 bits per heavy atom. The van der Waals surface area contributed by atoms with E-state index in [-0.39, 0.29) is 30.4 Å². The number of carboxylic acids is 1. The molecule has 0 radical (unpaired) electrons. The molecule has 3 N–H and O–H groups in total. The zero-order chi connectivity index (χ0) is 24.2. The minimum atomic E-state index is -1.02. The summed E-state index contributed by atoms with van der Waals surface area (Å²) in [4.78, 5) is 35.9. The van der Waals surface area contributed by atoms with Crippen LogP contribution >= 0.6 is 0 Å². The van der Waals surface area contributed by atoms with E-state index in [4.69, 9.17) is 9.84 Å². The van der Waals surface area contributed by atoms with E-state index in [2.05, 4.69) is 34.9 Å². The largest absolute Gasteiger partial charge is 0.478 e. The summed E-state index contributed by atoms with van der Waals surface area (Å²) in [5.41, 5.74) is 5.81. The Bertz CT molecular complexity index is 1210. The summed E-state index contributed by atoms with van der Waals surface area (Å²) in [6.45, 7) is 3.59. The van der Waals surface area contributed by atoms with Gasteiger partial charge in [-0.25, -0.2) is 9.59 Å². The Kier molecular flexibility index (Phi) is 6.63. The Balaban J connectivity index is 1.30. The van der Waals surface area contributed by atoms with Crippen molar-refractivity contribution in [3.8, 4) is 11.1 Å². The van der Waals surface area contributed by atoms with Crippen LogP contribution in [-0.2, 0) is 9.53 Å². The number of rotatable bonds is 7.